The van der Waals surface area contributed by atoms with Crippen molar-refractivity contribution in [1.82, 2.24) is 24.3 Å². The third kappa shape index (κ3) is 7.60. The number of benzene rings is 1. The Morgan fingerprint density at radius 2 is 1.73 bits per heavy atom. The second kappa shape index (κ2) is 13.1. The molecule has 2 aliphatic rings. The summed E-state index contributed by atoms with van der Waals surface area (Å²) in [6.07, 6.45) is 5.82. The van der Waals surface area contributed by atoms with Gasteiger partial charge in [-0.3, -0.25) is 14.7 Å². The molecule has 0 bridgehead atoms. The van der Waals surface area contributed by atoms with Crippen LogP contribution in [0, 0.1) is 0 Å². The van der Waals surface area contributed by atoms with E-state index in [0.29, 0.717) is 50.0 Å². The Bertz CT molecular complexity index is 1220. The molecule has 2 aromatic rings. The molecular formula is C28H43ClN8O3. The largest absolute Gasteiger partial charge is 0.354 e. The molecule has 3 amide bonds. The van der Waals surface area contributed by atoms with Crippen LogP contribution in [-0.4, -0.2) is 93.1 Å². The van der Waals surface area contributed by atoms with Gasteiger partial charge in [-0.2, -0.15) is 4.98 Å². The predicted molar refractivity (Wildman–Crippen MR) is 159 cm³/mol. The number of piperazine rings is 1. The number of carbonyl (C=O) groups excluding carboxylic acids is 2. The Morgan fingerprint density at radius 3 is 2.27 bits per heavy atom. The third-order valence-electron chi connectivity index (χ3n) is 7.91. The SMILES string of the molecule is CC(Cc1ccc(-n2ccc(NC(=O)N3CCN(C(=O)C(C)(C)N)CC3)nc2=O)cc1)N(C)[C@H]1CC[C@H](N)C1.Cl. The fourth-order valence-electron chi connectivity index (χ4n) is 5.38. The summed E-state index contributed by atoms with van der Waals surface area (Å²) in [4.78, 5) is 47.6. The number of nitrogens with one attached hydrogen (secondary N) is 1. The van der Waals surface area contributed by atoms with Gasteiger partial charge in [-0.25, -0.2) is 9.59 Å². The first-order chi connectivity index (χ1) is 18.4. The minimum Gasteiger partial charge on any atom is -0.338 e. The van der Waals surface area contributed by atoms with Crippen LogP contribution in [0.3, 0.4) is 0 Å². The number of hydrogen-bond donors (Lipinski definition) is 3. The maximum Gasteiger partial charge on any atom is 0.354 e. The van der Waals surface area contributed by atoms with Crippen LogP contribution in [0.2, 0.25) is 0 Å². The zero-order valence-electron chi connectivity index (χ0n) is 23.9. The number of nitrogens with two attached hydrogens (primary N) is 2. The van der Waals surface area contributed by atoms with E-state index < -0.39 is 11.2 Å². The lowest BCUT2D eigenvalue weighted by atomic mass is 10.0. The second-order valence-corrected chi connectivity index (χ2v) is 11.5. The zero-order chi connectivity index (χ0) is 28.3. The highest BCUT2D eigenvalue weighted by Gasteiger charge is 2.31. The summed E-state index contributed by atoms with van der Waals surface area (Å²) in [5.74, 6) is 0.0416. The van der Waals surface area contributed by atoms with Crippen molar-refractivity contribution in [2.75, 3.05) is 38.5 Å². The van der Waals surface area contributed by atoms with Gasteiger partial charge in [0.2, 0.25) is 5.91 Å². The summed E-state index contributed by atoms with van der Waals surface area (Å²) in [6.45, 7) is 7.14. The van der Waals surface area contributed by atoms with Gasteiger partial charge in [-0.15, -0.1) is 12.4 Å². The maximum atomic E-state index is 12.7. The molecule has 0 spiro atoms. The lowest BCUT2D eigenvalue weighted by Crippen LogP contribution is -2.58. The van der Waals surface area contributed by atoms with Gasteiger partial charge in [0, 0.05) is 50.5 Å². The molecule has 5 N–H and O–H groups in total. The van der Waals surface area contributed by atoms with Gasteiger partial charge in [-0.1, -0.05) is 12.1 Å². The second-order valence-electron chi connectivity index (χ2n) is 11.5. The van der Waals surface area contributed by atoms with Gasteiger partial charge < -0.3 is 26.2 Å². The molecule has 1 unspecified atom stereocenters. The summed E-state index contributed by atoms with van der Waals surface area (Å²) < 4.78 is 1.45. The number of halogens is 1. The molecular weight excluding hydrogens is 532 g/mol. The number of carbonyl (C=O) groups is 2. The van der Waals surface area contributed by atoms with E-state index in [2.05, 4.69) is 29.2 Å². The fourth-order valence-corrected chi connectivity index (χ4v) is 5.38. The van der Waals surface area contributed by atoms with E-state index in [4.69, 9.17) is 11.5 Å². The van der Waals surface area contributed by atoms with Crippen LogP contribution in [0.5, 0.6) is 0 Å². The standard InChI is InChI=1S/C28H42N8O3.ClH/c1-19(33(4)23-10-7-21(29)18-23)17-20-5-8-22(9-6-20)36-12-11-24(32-27(36)39)31-26(38)35-15-13-34(14-16-35)25(37)28(2,3)30;/h5-6,8-9,11-12,19,21,23H,7,10,13-18,29-30H2,1-4H3,(H,31,32,38,39);1H/t19?,21-,23-;/m0./s1. The number of rotatable bonds is 7. The van der Waals surface area contributed by atoms with Crippen LogP contribution in [-0.2, 0) is 11.2 Å². The predicted octanol–water partition coefficient (Wildman–Crippen LogP) is 1.81. The molecule has 1 saturated heterocycles. The molecule has 3 atom stereocenters. The van der Waals surface area contributed by atoms with Gasteiger partial charge >= 0.3 is 11.7 Å². The molecule has 4 rings (SSSR count). The van der Waals surface area contributed by atoms with Crippen molar-refractivity contribution in [2.24, 2.45) is 11.5 Å². The van der Waals surface area contributed by atoms with Crippen LogP contribution in [0.4, 0.5) is 10.6 Å². The van der Waals surface area contributed by atoms with Crippen LogP contribution in [0.15, 0.2) is 41.3 Å². The number of hydrogen-bond acceptors (Lipinski definition) is 7. The minimum absolute atomic E-state index is 0. The van der Waals surface area contributed by atoms with Crippen molar-refractivity contribution < 1.29 is 9.59 Å². The monoisotopic (exact) mass is 574 g/mol. The molecule has 12 heteroatoms. The number of nitrogens with zero attached hydrogens (tertiary/aromatic N) is 5. The van der Waals surface area contributed by atoms with Gasteiger partial charge in [0.05, 0.1) is 11.2 Å². The van der Waals surface area contributed by atoms with Crippen molar-refractivity contribution >= 4 is 30.2 Å². The fraction of sp³-hybridized carbons (Fsp3) is 0.571. The summed E-state index contributed by atoms with van der Waals surface area (Å²) in [6, 6.07) is 10.4. The first-order valence-corrected chi connectivity index (χ1v) is 13.7. The summed E-state index contributed by atoms with van der Waals surface area (Å²) in [5, 5.41) is 2.69. The summed E-state index contributed by atoms with van der Waals surface area (Å²) in [5.41, 5.74) is 12.5. The Balaban J connectivity index is 0.00000441. The highest BCUT2D eigenvalue weighted by atomic mass is 35.5. The van der Waals surface area contributed by atoms with Gasteiger partial charge in [0.1, 0.15) is 5.82 Å². The third-order valence-corrected chi connectivity index (χ3v) is 7.91. The summed E-state index contributed by atoms with van der Waals surface area (Å²) >= 11 is 0. The molecule has 1 aromatic heterocycles. The maximum absolute atomic E-state index is 12.7. The molecule has 0 radical (unpaired) electrons. The van der Waals surface area contributed by atoms with E-state index in [1.165, 1.54) is 10.1 Å². The Morgan fingerprint density at radius 1 is 1.10 bits per heavy atom. The number of likely N-dealkylation sites (N-methyl/N-ethyl adjacent to an activating group) is 1. The first-order valence-electron chi connectivity index (χ1n) is 13.7. The first kappa shape index (κ1) is 31.5. The minimum atomic E-state index is -0.947. The van der Waals surface area contributed by atoms with Crippen LogP contribution < -0.4 is 22.5 Å². The quantitative estimate of drug-likeness (QED) is 0.457. The Labute approximate surface area is 242 Å². The smallest absolute Gasteiger partial charge is 0.338 e. The molecule has 40 heavy (non-hydrogen) atoms. The number of amides is 3. The lowest BCUT2D eigenvalue weighted by molar-refractivity contribution is -0.137. The van der Waals surface area contributed by atoms with E-state index in [1.54, 1.807) is 35.9 Å². The normalized spacial score (nSPS) is 20.3. The molecule has 2 heterocycles. The zero-order valence-corrected chi connectivity index (χ0v) is 24.7. The van der Waals surface area contributed by atoms with Gasteiger partial charge in [0.25, 0.3) is 0 Å². The number of urea groups is 1. The molecule has 220 valence electrons. The van der Waals surface area contributed by atoms with Gasteiger partial charge in [-0.05, 0) is 77.3 Å². The molecule has 1 aromatic carbocycles. The lowest BCUT2D eigenvalue weighted by Gasteiger charge is -2.37. The van der Waals surface area contributed by atoms with Crippen molar-refractivity contribution in [3.05, 3.63) is 52.6 Å². The van der Waals surface area contributed by atoms with Crippen LogP contribution in [0.1, 0.15) is 45.6 Å². The van der Waals surface area contributed by atoms with Crippen molar-refractivity contribution in [2.45, 2.75) is 70.1 Å². The van der Waals surface area contributed by atoms with Crippen molar-refractivity contribution in [3.8, 4) is 5.69 Å². The topological polar surface area (TPSA) is 143 Å². The molecule has 1 aliphatic heterocycles. The van der Waals surface area contributed by atoms with Crippen LogP contribution >= 0.6 is 12.4 Å². The average molecular weight is 575 g/mol. The van der Waals surface area contributed by atoms with E-state index in [-0.39, 0.29) is 30.2 Å². The molecule has 11 nitrogen and oxygen atoms in total. The number of anilines is 1. The van der Waals surface area contributed by atoms with E-state index in [1.807, 2.05) is 24.3 Å². The average Bonchev–Trinajstić information content (AvgIpc) is 3.34. The molecule has 2 fully saturated rings. The Hall–Kier alpha value is -2.99. The van der Waals surface area contributed by atoms with Gasteiger partial charge in [0.15, 0.2) is 0 Å². The van der Waals surface area contributed by atoms with Crippen molar-refractivity contribution in [3.63, 3.8) is 0 Å². The van der Waals surface area contributed by atoms with Crippen LogP contribution in [0.25, 0.3) is 5.69 Å². The highest BCUT2D eigenvalue weighted by Crippen LogP contribution is 2.24. The highest BCUT2D eigenvalue weighted by molar-refractivity contribution is 5.89. The number of aromatic nitrogens is 2. The van der Waals surface area contributed by atoms with E-state index in [0.717, 1.165) is 25.7 Å². The summed E-state index contributed by atoms with van der Waals surface area (Å²) in [7, 11) is 2.18. The molecule has 1 aliphatic carbocycles. The van der Waals surface area contributed by atoms with E-state index in [9.17, 15) is 14.4 Å². The van der Waals surface area contributed by atoms with Crippen molar-refractivity contribution in [1.29, 1.82) is 0 Å². The van der Waals surface area contributed by atoms with E-state index >= 15 is 0 Å². The Kier molecular flexibility index (Phi) is 10.3. The molecule has 1 saturated carbocycles.